The highest BCUT2D eigenvalue weighted by molar-refractivity contribution is 6.17. The van der Waals surface area contributed by atoms with Crippen molar-refractivity contribution in [2.45, 2.75) is 0 Å². The van der Waals surface area contributed by atoms with Gasteiger partial charge < -0.3 is 13.7 Å². The number of nitriles is 1. The van der Waals surface area contributed by atoms with Crippen LogP contribution >= 0.6 is 0 Å². The van der Waals surface area contributed by atoms with E-state index in [1.807, 2.05) is 24.3 Å². The van der Waals surface area contributed by atoms with E-state index in [2.05, 4.69) is 176 Å². The summed E-state index contributed by atoms with van der Waals surface area (Å²) in [5.74, 6) is 0. The van der Waals surface area contributed by atoms with Crippen molar-refractivity contribution < 1.29 is 0 Å². The zero-order valence-corrected chi connectivity index (χ0v) is 29.5. The fraction of sp³-hybridized carbons (Fsp3) is 0. The van der Waals surface area contributed by atoms with Crippen molar-refractivity contribution in [3.8, 4) is 34.3 Å². The molecule has 0 unspecified atom stereocenters. The molecule has 0 saturated carbocycles. The van der Waals surface area contributed by atoms with Crippen LogP contribution in [0.15, 0.2) is 176 Å². The summed E-state index contributed by atoms with van der Waals surface area (Å²) in [5.41, 5.74) is 12.4. The monoisotopic (exact) mass is 699 g/mol. The van der Waals surface area contributed by atoms with Crippen molar-refractivity contribution in [2.75, 3.05) is 0 Å². The minimum atomic E-state index is 0.589. The van der Waals surface area contributed by atoms with Gasteiger partial charge in [0.15, 0.2) is 5.69 Å². The fourth-order valence-corrected chi connectivity index (χ4v) is 8.84. The molecule has 11 rings (SSSR count). The third-order valence-corrected chi connectivity index (χ3v) is 11.1. The van der Waals surface area contributed by atoms with Crippen LogP contribution in [0.3, 0.4) is 0 Å². The zero-order valence-electron chi connectivity index (χ0n) is 29.5. The van der Waals surface area contributed by atoms with Gasteiger partial charge in [0.05, 0.1) is 51.1 Å². The van der Waals surface area contributed by atoms with E-state index in [1.165, 1.54) is 10.8 Å². The number of hydrogen-bond donors (Lipinski definition) is 0. The first kappa shape index (κ1) is 30.7. The summed E-state index contributed by atoms with van der Waals surface area (Å²) in [6.07, 6.45) is 0. The molecule has 5 nitrogen and oxygen atoms in total. The molecule has 55 heavy (non-hydrogen) atoms. The fourth-order valence-electron chi connectivity index (χ4n) is 8.84. The van der Waals surface area contributed by atoms with E-state index in [0.29, 0.717) is 11.3 Å². The molecule has 11 aromatic rings. The number of benzene rings is 8. The Kier molecular flexibility index (Phi) is 6.61. The molecule has 0 amide bonds. The second-order valence-corrected chi connectivity index (χ2v) is 13.9. The van der Waals surface area contributed by atoms with E-state index in [-0.39, 0.29) is 0 Å². The Labute approximate surface area is 316 Å². The lowest BCUT2D eigenvalue weighted by Gasteiger charge is -2.17. The van der Waals surface area contributed by atoms with Gasteiger partial charge in [-0.25, -0.2) is 4.85 Å². The molecule has 0 atom stereocenters. The highest BCUT2D eigenvalue weighted by Crippen LogP contribution is 2.43. The van der Waals surface area contributed by atoms with Crippen LogP contribution in [0, 0.1) is 17.9 Å². The first-order valence-electron chi connectivity index (χ1n) is 18.3. The van der Waals surface area contributed by atoms with Crippen LogP contribution in [-0.4, -0.2) is 13.7 Å². The smallest absolute Gasteiger partial charge is 0.189 e. The summed E-state index contributed by atoms with van der Waals surface area (Å²) in [4.78, 5) is 3.75. The summed E-state index contributed by atoms with van der Waals surface area (Å²) in [6.45, 7) is 7.73. The third-order valence-electron chi connectivity index (χ3n) is 11.1. The van der Waals surface area contributed by atoms with Gasteiger partial charge in [0.1, 0.15) is 6.07 Å². The molecule has 5 heteroatoms. The summed E-state index contributed by atoms with van der Waals surface area (Å²) in [5, 5.41) is 17.7. The molecular weight excluding hydrogens is 671 g/mol. The Morgan fingerprint density at radius 2 is 1.02 bits per heavy atom. The standard InChI is InChI=1S/C50H29N5/c1-52-34-27-28-40-39-18-2-6-21-42(39)53(48(40)30-34)35-15-10-13-32(29-35)36-20-11-14-33(31-51)50(36)55-45-24-9-5-19-41(45)49-46(25-12-26-47(49)55)54-43-22-7-3-16-37(43)38-17-4-8-23-44(38)54/h2-30H. The van der Waals surface area contributed by atoms with Crippen molar-refractivity contribution in [3.63, 3.8) is 0 Å². The van der Waals surface area contributed by atoms with Gasteiger partial charge in [0.2, 0.25) is 0 Å². The number of aromatic nitrogens is 3. The lowest BCUT2D eigenvalue weighted by molar-refractivity contribution is 1.16. The van der Waals surface area contributed by atoms with Gasteiger partial charge in [0, 0.05) is 49.1 Å². The van der Waals surface area contributed by atoms with E-state index >= 15 is 0 Å². The molecule has 0 aliphatic carbocycles. The average Bonchev–Trinajstić information content (AvgIpc) is 3.89. The Bertz CT molecular complexity index is 3420. The average molecular weight is 700 g/mol. The topological polar surface area (TPSA) is 42.9 Å². The maximum atomic E-state index is 10.8. The van der Waals surface area contributed by atoms with E-state index in [1.54, 1.807) is 0 Å². The third kappa shape index (κ3) is 4.39. The molecule has 3 heterocycles. The van der Waals surface area contributed by atoms with Gasteiger partial charge in [-0.1, -0.05) is 115 Å². The number of nitrogens with zero attached hydrogens (tertiary/aromatic N) is 5. The number of para-hydroxylation sites is 5. The van der Waals surface area contributed by atoms with E-state index in [9.17, 15) is 5.26 Å². The lowest BCUT2D eigenvalue weighted by atomic mass is 9.99. The van der Waals surface area contributed by atoms with Crippen LogP contribution < -0.4 is 0 Å². The molecule has 254 valence electrons. The second-order valence-electron chi connectivity index (χ2n) is 13.9. The zero-order chi connectivity index (χ0) is 36.6. The van der Waals surface area contributed by atoms with Crippen LogP contribution in [0.4, 0.5) is 5.69 Å². The van der Waals surface area contributed by atoms with Crippen LogP contribution in [0.25, 0.3) is 98.5 Å². The molecule has 8 aromatic carbocycles. The number of rotatable bonds is 4. The molecule has 0 aliphatic rings. The van der Waals surface area contributed by atoms with Crippen molar-refractivity contribution in [1.29, 1.82) is 5.26 Å². The van der Waals surface area contributed by atoms with Crippen LogP contribution in [-0.2, 0) is 0 Å². The normalized spacial score (nSPS) is 11.6. The van der Waals surface area contributed by atoms with Gasteiger partial charge in [-0.15, -0.1) is 0 Å². The summed E-state index contributed by atoms with van der Waals surface area (Å²) >= 11 is 0. The lowest BCUT2D eigenvalue weighted by Crippen LogP contribution is -2.02. The van der Waals surface area contributed by atoms with Crippen molar-refractivity contribution in [1.82, 2.24) is 13.7 Å². The molecule has 0 N–H and O–H groups in total. The Balaban J connectivity index is 1.20. The Morgan fingerprint density at radius 3 is 1.69 bits per heavy atom. The quantitative estimate of drug-likeness (QED) is 0.169. The molecular formula is C50H29N5. The molecule has 0 bridgehead atoms. The van der Waals surface area contributed by atoms with Gasteiger partial charge >= 0.3 is 0 Å². The van der Waals surface area contributed by atoms with Crippen LogP contribution in [0.1, 0.15) is 5.56 Å². The van der Waals surface area contributed by atoms with Crippen LogP contribution in [0.2, 0.25) is 0 Å². The predicted octanol–water partition coefficient (Wildman–Crippen LogP) is 13.1. The van der Waals surface area contributed by atoms with E-state index < -0.39 is 0 Å². The van der Waals surface area contributed by atoms with Gasteiger partial charge in [0.25, 0.3) is 0 Å². The van der Waals surface area contributed by atoms with Crippen LogP contribution in [0.5, 0.6) is 0 Å². The molecule has 3 aromatic heterocycles. The highest BCUT2D eigenvalue weighted by Gasteiger charge is 2.23. The SMILES string of the molecule is [C-]#[N+]c1ccc2c3ccccc3n(-c3cccc(-c4cccc(C#N)c4-n4c5ccccc5c5c(-n6c7ccccc7c7ccccc76)cccc54)c3)c2c1. The maximum absolute atomic E-state index is 10.8. The summed E-state index contributed by atoms with van der Waals surface area (Å²) < 4.78 is 6.91. The largest absolute Gasteiger partial charge is 0.310 e. The second kappa shape index (κ2) is 11.8. The van der Waals surface area contributed by atoms with Crippen molar-refractivity contribution in [3.05, 3.63) is 193 Å². The molecule has 0 aliphatic heterocycles. The van der Waals surface area contributed by atoms with E-state index in [4.69, 9.17) is 6.57 Å². The predicted molar refractivity (Wildman–Crippen MR) is 226 cm³/mol. The number of fused-ring (bicyclic) bond motifs is 9. The molecule has 0 spiro atoms. The van der Waals surface area contributed by atoms with Crippen molar-refractivity contribution in [2.24, 2.45) is 0 Å². The molecule has 0 saturated heterocycles. The maximum Gasteiger partial charge on any atom is 0.189 e. The minimum absolute atomic E-state index is 0.589. The molecule has 0 fully saturated rings. The summed E-state index contributed by atoms with van der Waals surface area (Å²) in [7, 11) is 0. The van der Waals surface area contributed by atoms with Gasteiger partial charge in [-0.05, 0) is 66.2 Å². The molecule has 0 radical (unpaired) electrons. The first-order valence-corrected chi connectivity index (χ1v) is 18.3. The number of hydrogen-bond acceptors (Lipinski definition) is 1. The van der Waals surface area contributed by atoms with Gasteiger partial charge in [-0.3, -0.25) is 0 Å². The van der Waals surface area contributed by atoms with Crippen molar-refractivity contribution >= 4 is 71.1 Å². The minimum Gasteiger partial charge on any atom is -0.310 e. The van der Waals surface area contributed by atoms with E-state index in [0.717, 1.165) is 82.8 Å². The summed E-state index contributed by atoms with van der Waals surface area (Å²) in [6, 6.07) is 63.7. The highest BCUT2D eigenvalue weighted by atomic mass is 15.0. The Morgan fingerprint density at radius 1 is 0.455 bits per heavy atom. The first-order chi connectivity index (χ1) is 27.2. The Hall–Kier alpha value is -7.86. The van der Waals surface area contributed by atoms with Gasteiger partial charge in [-0.2, -0.15) is 5.26 Å².